The van der Waals surface area contributed by atoms with Gasteiger partial charge in [0.25, 0.3) is 5.91 Å². The highest BCUT2D eigenvalue weighted by Crippen LogP contribution is 2.18. The third kappa shape index (κ3) is 5.99. The Hall–Kier alpha value is -1.59. The lowest BCUT2D eigenvalue weighted by atomic mass is 10.2. The molecule has 0 aliphatic carbocycles. The number of carbonyl (C=O) groups is 1. The first-order valence-electron chi connectivity index (χ1n) is 10.2. The number of nitrogens with zero attached hydrogens (tertiary/aromatic N) is 2. The fourth-order valence-electron chi connectivity index (χ4n) is 3.81. The highest BCUT2D eigenvalue weighted by Gasteiger charge is 2.18. The lowest BCUT2D eigenvalue weighted by molar-refractivity contribution is -0.132. The predicted octanol–water partition coefficient (Wildman–Crippen LogP) is 2.65. The van der Waals surface area contributed by atoms with Crippen molar-refractivity contribution in [3.8, 4) is 5.75 Å². The van der Waals surface area contributed by atoms with E-state index in [1.54, 1.807) is 0 Å². The molecule has 0 bridgehead atoms. The molecule has 1 amide bonds. The summed E-state index contributed by atoms with van der Waals surface area (Å²) in [4.78, 5) is 16.6. The van der Waals surface area contributed by atoms with Crippen molar-refractivity contribution in [2.75, 3.05) is 45.9 Å². The smallest absolute Gasteiger partial charge is 0.260 e. The number of rotatable bonds is 8. The Morgan fingerprint density at radius 2 is 1.65 bits per heavy atom. The molecule has 2 aliphatic rings. The molecule has 2 heterocycles. The average molecular weight is 360 g/mol. The van der Waals surface area contributed by atoms with Gasteiger partial charge in [-0.2, -0.15) is 0 Å². The van der Waals surface area contributed by atoms with Gasteiger partial charge in [0.15, 0.2) is 6.61 Å². The second kappa shape index (κ2) is 10.5. The summed E-state index contributed by atoms with van der Waals surface area (Å²) in [6.45, 7) is 7.24. The van der Waals surface area contributed by atoms with Crippen LogP contribution < -0.4 is 10.1 Å². The van der Waals surface area contributed by atoms with Crippen molar-refractivity contribution < 1.29 is 9.53 Å². The summed E-state index contributed by atoms with van der Waals surface area (Å²) in [5, 5.41) is 3.54. The fraction of sp³-hybridized carbons (Fsp3) is 0.667. The van der Waals surface area contributed by atoms with Gasteiger partial charge in [-0.15, -0.1) is 0 Å². The van der Waals surface area contributed by atoms with E-state index in [4.69, 9.17) is 4.74 Å². The van der Waals surface area contributed by atoms with Crippen molar-refractivity contribution in [2.45, 2.75) is 45.1 Å². The summed E-state index contributed by atoms with van der Waals surface area (Å²) >= 11 is 0. The molecule has 144 valence electrons. The van der Waals surface area contributed by atoms with Crippen molar-refractivity contribution >= 4 is 5.91 Å². The zero-order valence-electron chi connectivity index (χ0n) is 15.9. The Morgan fingerprint density at radius 3 is 2.42 bits per heavy atom. The maximum Gasteiger partial charge on any atom is 0.260 e. The Morgan fingerprint density at radius 1 is 0.962 bits per heavy atom. The lowest BCUT2D eigenvalue weighted by Gasteiger charge is -2.20. The van der Waals surface area contributed by atoms with Crippen LogP contribution in [0.1, 0.15) is 44.1 Å². The van der Waals surface area contributed by atoms with E-state index in [0.717, 1.165) is 56.9 Å². The molecule has 2 saturated heterocycles. The molecule has 1 aromatic rings. The fourth-order valence-corrected chi connectivity index (χ4v) is 3.81. The number of amides is 1. The molecule has 1 aromatic carbocycles. The van der Waals surface area contributed by atoms with Gasteiger partial charge in [-0.3, -0.25) is 4.79 Å². The van der Waals surface area contributed by atoms with E-state index >= 15 is 0 Å². The van der Waals surface area contributed by atoms with Gasteiger partial charge < -0.3 is 19.9 Å². The van der Waals surface area contributed by atoms with Crippen LogP contribution in [-0.4, -0.2) is 61.6 Å². The highest BCUT2D eigenvalue weighted by atomic mass is 16.5. The molecule has 2 aliphatic heterocycles. The lowest BCUT2D eigenvalue weighted by Crippen LogP contribution is -2.33. The molecule has 1 N–H and O–H groups in total. The SMILES string of the molecule is O=C(COc1ccccc1CNCCN1CCCCCC1)N1CCCC1. The molecule has 0 radical (unpaired) electrons. The first kappa shape index (κ1) is 19.2. The van der Waals surface area contributed by atoms with E-state index in [0.29, 0.717) is 0 Å². The number of benzene rings is 1. The molecular weight excluding hydrogens is 326 g/mol. The Bertz CT molecular complexity index is 550. The van der Waals surface area contributed by atoms with E-state index in [1.165, 1.54) is 38.8 Å². The molecule has 2 fully saturated rings. The van der Waals surface area contributed by atoms with E-state index in [-0.39, 0.29) is 12.5 Å². The van der Waals surface area contributed by atoms with Gasteiger partial charge in [0.2, 0.25) is 0 Å². The Balaban J connectivity index is 1.40. The van der Waals surface area contributed by atoms with Crippen molar-refractivity contribution in [3.05, 3.63) is 29.8 Å². The monoisotopic (exact) mass is 359 g/mol. The number of hydrogen-bond acceptors (Lipinski definition) is 4. The van der Waals surface area contributed by atoms with Gasteiger partial charge in [0.05, 0.1) is 0 Å². The van der Waals surface area contributed by atoms with E-state index < -0.39 is 0 Å². The minimum absolute atomic E-state index is 0.103. The zero-order valence-corrected chi connectivity index (χ0v) is 15.9. The minimum atomic E-state index is 0.103. The summed E-state index contributed by atoms with van der Waals surface area (Å²) < 4.78 is 5.83. The van der Waals surface area contributed by atoms with Gasteiger partial charge in [-0.25, -0.2) is 0 Å². The largest absolute Gasteiger partial charge is 0.483 e. The van der Waals surface area contributed by atoms with Crippen molar-refractivity contribution in [3.63, 3.8) is 0 Å². The first-order valence-corrected chi connectivity index (χ1v) is 10.2. The molecule has 0 unspecified atom stereocenters. The van der Waals surface area contributed by atoms with Crippen LogP contribution in [0.4, 0.5) is 0 Å². The number of likely N-dealkylation sites (tertiary alicyclic amines) is 2. The van der Waals surface area contributed by atoms with E-state index in [1.807, 2.05) is 23.1 Å². The molecule has 0 atom stereocenters. The van der Waals surface area contributed by atoms with E-state index in [2.05, 4.69) is 16.3 Å². The molecule has 0 saturated carbocycles. The summed E-state index contributed by atoms with van der Waals surface area (Å²) in [7, 11) is 0. The van der Waals surface area contributed by atoms with Gasteiger partial charge in [-0.05, 0) is 44.8 Å². The number of nitrogens with one attached hydrogen (secondary N) is 1. The second-order valence-electron chi connectivity index (χ2n) is 7.42. The minimum Gasteiger partial charge on any atom is -0.483 e. The molecule has 5 heteroatoms. The van der Waals surface area contributed by atoms with Crippen LogP contribution in [0.5, 0.6) is 5.75 Å². The van der Waals surface area contributed by atoms with Crippen LogP contribution in [0.3, 0.4) is 0 Å². The van der Waals surface area contributed by atoms with Gasteiger partial charge in [-0.1, -0.05) is 31.0 Å². The zero-order chi connectivity index (χ0) is 18.0. The average Bonchev–Trinajstić information content (AvgIpc) is 3.09. The summed E-state index contributed by atoms with van der Waals surface area (Å²) in [5.74, 6) is 0.925. The van der Waals surface area contributed by atoms with Gasteiger partial charge in [0, 0.05) is 38.3 Å². The third-order valence-corrected chi connectivity index (χ3v) is 5.40. The second-order valence-corrected chi connectivity index (χ2v) is 7.42. The molecule has 0 spiro atoms. The quantitative estimate of drug-likeness (QED) is 0.725. The molecule has 26 heavy (non-hydrogen) atoms. The van der Waals surface area contributed by atoms with Crippen molar-refractivity contribution in [2.24, 2.45) is 0 Å². The van der Waals surface area contributed by atoms with Crippen LogP contribution in [-0.2, 0) is 11.3 Å². The predicted molar refractivity (Wildman–Crippen MR) is 104 cm³/mol. The highest BCUT2D eigenvalue weighted by molar-refractivity contribution is 5.78. The van der Waals surface area contributed by atoms with Gasteiger partial charge in [0.1, 0.15) is 5.75 Å². The van der Waals surface area contributed by atoms with Crippen molar-refractivity contribution in [1.29, 1.82) is 0 Å². The van der Waals surface area contributed by atoms with E-state index in [9.17, 15) is 4.79 Å². The number of hydrogen-bond donors (Lipinski definition) is 1. The summed E-state index contributed by atoms with van der Waals surface area (Å²) in [5.41, 5.74) is 1.12. The van der Waals surface area contributed by atoms with Crippen LogP contribution in [0, 0.1) is 0 Å². The van der Waals surface area contributed by atoms with Crippen LogP contribution in [0.2, 0.25) is 0 Å². The van der Waals surface area contributed by atoms with Crippen LogP contribution in [0.15, 0.2) is 24.3 Å². The van der Waals surface area contributed by atoms with Crippen molar-refractivity contribution in [1.82, 2.24) is 15.1 Å². The summed E-state index contributed by atoms with van der Waals surface area (Å²) in [6.07, 6.45) is 7.66. The normalized spacial score (nSPS) is 18.7. The molecular formula is C21H33N3O2. The maximum absolute atomic E-state index is 12.2. The number of ether oxygens (including phenoxy) is 1. The first-order chi connectivity index (χ1) is 12.8. The van der Waals surface area contributed by atoms with Crippen LogP contribution >= 0.6 is 0 Å². The number of para-hydroxylation sites is 1. The Kier molecular flexibility index (Phi) is 7.77. The third-order valence-electron chi connectivity index (χ3n) is 5.40. The summed E-state index contributed by atoms with van der Waals surface area (Å²) in [6, 6.07) is 8.04. The number of carbonyl (C=O) groups excluding carboxylic acids is 1. The van der Waals surface area contributed by atoms with Crippen LogP contribution in [0.25, 0.3) is 0 Å². The molecule has 5 nitrogen and oxygen atoms in total. The van der Waals surface area contributed by atoms with Gasteiger partial charge >= 0.3 is 0 Å². The maximum atomic E-state index is 12.2. The Labute approximate surface area is 157 Å². The topological polar surface area (TPSA) is 44.8 Å². The standard InChI is InChI=1S/C21H33N3O2/c25-21(24-14-7-8-15-24)18-26-20-10-4-3-9-19(20)17-22-11-16-23-12-5-1-2-6-13-23/h3-4,9-10,22H,1-2,5-8,11-18H2. The molecule has 0 aromatic heterocycles. The molecule has 3 rings (SSSR count).